The Morgan fingerprint density at radius 3 is 2.84 bits per heavy atom. The summed E-state index contributed by atoms with van der Waals surface area (Å²) in [5.41, 5.74) is 8.25. The molecular formula is C16H25N3. The van der Waals surface area contributed by atoms with Crippen LogP contribution >= 0.6 is 0 Å². The molecule has 0 radical (unpaired) electrons. The predicted octanol–water partition coefficient (Wildman–Crippen LogP) is 3.73. The number of anilines is 1. The van der Waals surface area contributed by atoms with E-state index in [1.807, 2.05) is 6.07 Å². The number of nitrogens with zero attached hydrogens (tertiary/aromatic N) is 1. The van der Waals surface area contributed by atoms with Crippen LogP contribution in [0.4, 0.5) is 5.69 Å². The Hall–Kier alpha value is -1.51. The number of hydrogen-bond donors (Lipinski definition) is 2. The molecule has 1 aromatic carbocycles. The van der Waals surface area contributed by atoms with Crippen molar-refractivity contribution in [1.82, 2.24) is 0 Å². The molecule has 1 aliphatic carbocycles. The topological polar surface area (TPSA) is 50.4 Å². The summed E-state index contributed by atoms with van der Waals surface area (Å²) >= 11 is 0. The first-order chi connectivity index (χ1) is 9.15. The first-order valence-corrected chi connectivity index (χ1v) is 7.32. The average Bonchev–Trinajstić information content (AvgIpc) is 2.32. The number of rotatable bonds is 5. The Bertz CT molecular complexity index is 433. The van der Waals surface area contributed by atoms with Crippen LogP contribution in [-0.2, 0) is 0 Å². The number of benzene rings is 1. The Labute approximate surface area is 116 Å². The molecule has 0 saturated heterocycles. The van der Waals surface area contributed by atoms with Crippen molar-refractivity contribution in [2.75, 3.05) is 11.9 Å². The van der Waals surface area contributed by atoms with E-state index in [1.54, 1.807) is 0 Å². The van der Waals surface area contributed by atoms with Crippen molar-refractivity contribution < 1.29 is 0 Å². The van der Waals surface area contributed by atoms with Crippen molar-refractivity contribution in [3.63, 3.8) is 0 Å². The van der Waals surface area contributed by atoms with Crippen LogP contribution < -0.4 is 11.1 Å². The summed E-state index contributed by atoms with van der Waals surface area (Å²) in [6.07, 6.45) is 5.32. The van der Waals surface area contributed by atoms with E-state index >= 15 is 0 Å². The van der Waals surface area contributed by atoms with E-state index in [-0.39, 0.29) is 0 Å². The third-order valence-electron chi connectivity index (χ3n) is 3.87. The number of aliphatic imine (C=N–C) groups is 1. The smallest absolute Gasteiger partial charge is 0.193 e. The summed E-state index contributed by atoms with van der Waals surface area (Å²) in [5.74, 6) is 1.94. The monoisotopic (exact) mass is 259 g/mol. The lowest BCUT2D eigenvalue weighted by atomic mass is 9.83. The van der Waals surface area contributed by atoms with Crippen LogP contribution in [0.2, 0.25) is 0 Å². The lowest BCUT2D eigenvalue weighted by Gasteiger charge is -2.24. The van der Waals surface area contributed by atoms with Gasteiger partial charge in [0.25, 0.3) is 0 Å². The molecule has 3 heteroatoms. The van der Waals surface area contributed by atoms with E-state index in [0.29, 0.717) is 11.9 Å². The van der Waals surface area contributed by atoms with Crippen LogP contribution in [0.1, 0.15) is 51.0 Å². The van der Waals surface area contributed by atoms with Gasteiger partial charge in [-0.25, -0.2) is 0 Å². The minimum absolute atomic E-state index is 0.526. The molecule has 0 bridgehead atoms. The molecule has 104 valence electrons. The van der Waals surface area contributed by atoms with Gasteiger partial charge in [-0.1, -0.05) is 45.2 Å². The maximum absolute atomic E-state index is 5.92. The normalized spacial score (nSPS) is 16.5. The van der Waals surface area contributed by atoms with Crippen molar-refractivity contribution in [2.45, 2.75) is 45.4 Å². The highest BCUT2D eigenvalue weighted by atomic mass is 15.1. The Balaban J connectivity index is 1.84. The molecule has 2 rings (SSSR count). The zero-order valence-corrected chi connectivity index (χ0v) is 12.0. The second kappa shape index (κ2) is 6.60. The third-order valence-corrected chi connectivity index (χ3v) is 3.87. The quantitative estimate of drug-likeness (QED) is 0.625. The van der Waals surface area contributed by atoms with Crippen molar-refractivity contribution in [2.24, 2.45) is 16.6 Å². The average molecular weight is 259 g/mol. The van der Waals surface area contributed by atoms with Gasteiger partial charge in [0.15, 0.2) is 5.96 Å². The maximum atomic E-state index is 5.92. The highest BCUT2D eigenvalue weighted by molar-refractivity contribution is 5.92. The molecule has 0 atom stereocenters. The van der Waals surface area contributed by atoms with Gasteiger partial charge in [-0.2, -0.15) is 0 Å². The van der Waals surface area contributed by atoms with Crippen LogP contribution in [0.25, 0.3) is 0 Å². The predicted molar refractivity (Wildman–Crippen MR) is 82.6 cm³/mol. The van der Waals surface area contributed by atoms with E-state index in [2.05, 4.69) is 42.4 Å². The van der Waals surface area contributed by atoms with Crippen LogP contribution in [-0.4, -0.2) is 12.5 Å². The molecule has 0 heterocycles. The summed E-state index contributed by atoms with van der Waals surface area (Å²) in [7, 11) is 0. The van der Waals surface area contributed by atoms with Crippen molar-refractivity contribution in [3.8, 4) is 0 Å². The summed E-state index contributed by atoms with van der Waals surface area (Å²) < 4.78 is 0. The van der Waals surface area contributed by atoms with E-state index in [4.69, 9.17) is 5.73 Å². The molecule has 0 spiro atoms. The van der Waals surface area contributed by atoms with Crippen LogP contribution in [0, 0.1) is 5.92 Å². The minimum Gasteiger partial charge on any atom is -0.370 e. The largest absolute Gasteiger partial charge is 0.370 e. The van der Waals surface area contributed by atoms with Gasteiger partial charge in [-0.15, -0.1) is 0 Å². The van der Waals surface area contributed by atoms with E-state index in [0.717, 1.165) is 18.2 Å². The molecule has 0 unspecified atom stereocenters. The van der Waals surface area contributed by atoms with Crippen LogP contribution in [0.3, 0.4) is 0 Å². The second-order valence-corrected chi connectivity index (χ2v) is 5.76. The van der Waals surface area contributed by atoms with Crippen molar-refractivity contribution >= 4 is 11.6 Å². The van der Waals surface area contributed by atoms with Gasteiger partial charge in [-0.3, -0.25) is 4.99 Å². The van der Waals surface area contributed by atoms with Gasteiger partial charge in [0.2, 0.25) is 0 Å². The fourth-order valence-corrected chi connectivity index (χ4v) is 2.31. The van der Waals surface area contributed by atoms with Crippen LogP contribution in [0.15, 0.2) is 29.3 Å². The van der Waals surface area contributed by atoms with Crippen LogP contribution in [0.5, 0.6) is 0 Å². The fraction of sp³-hybridized carbons (Fsp3) is 0.562. The molecule has 19 heavy (non-hydrogen) atoms. The SMILES string of the molecule is CC(C)c1cccc(NC(N)=NCCC2CCC2)c1. The van der Waals surface area contributed by atoms with E-state index in [9.17, 15) is 0 Å². The van der Waals surface area contributed by atoms with Crippen molar-refractivity contribution in [3.05, 3.63) is 29.8 Å². The third kappa shape index (κ3) is 4.27. The van der Waals surface area contributed by atoms with Gasteiger partial charge in [0.1, 0.15) is 0 Å². The number of nitrogens with two attached hydrogens (primary N) is 1. The van der Waals surface area contributed by atoms with Gasteiger partial charge in [-0.05, 0) is 36.0 Å². The first kappa shape index (κ1) is 13.9. The number of nitrogens with one attached hydrogen (secondary N) is 1. The van der Waals surface area contributed by atoms with Gasteiger partial charge < -0.3 is 11.1 Å². The highest BCUT2D eigenvalue weighted by Gasteiger charge is 2.16. The molecule has 3 nitrogen and oxygen atoms in total. The summed E-state index contributed by atoms with van der Waals surface area (Å²) in [6, 6.07) is 8.36. The Morgan fingerprint density at radius 1 is 1.42 bits per heavy atom. The van der Waals surface area contributed by atoms with E-state index < -0.39 is 0 Å². The minimum atomic E-state index is 0.526. The molecule has 0 aromatic heterocycles. The second-order valence-electron chi connectivity index (χ2n) is 5.76. The molecule has 3 N–H and O–H groups in total. The molecule has 1 fully saturated rings. The fourth-order valence-electron chi connectivity index (χ4n) is 2.31. The van der Waals surface area contributed by atoms with Gasteiger partial charge in [0.05, 0.1) is 0 Å². The van der Waals surface area contributed by atoms with E-state index in [1.165, 1.54) is 31.2 Å². The zero-order chi connectivity index (χ0) is 13.7. The Kier molecular flexibility index (Phi) is 4.83. The molecular weight excluding hydrogens is 234 g/mol. The van der Waals surface area contributed by atoms with Gasteiger partial charge in [0, 0.05) is 12.2 Å². The number of guanidine groups is 1. The Morgan fingerprint density at radius 2 is 2.21 bits per heavy atom. The molecule has 1 aliphatic rings. The zero-order valence-electron chi connectivity index (χ0n) is 12.0. The first-order valence-electron chi connectivity index (χ1n) is 7.32. The molecule has 1 saturated carbocycles. The molecule has 1 aromatic rings. The standard InChI is InChI=1S/C16H25N3/c1-12(2)14-7-4-8-15(11-14)19-16(17)18-10-9-13-5-3-6-13/h4,7-8,11-13H,3,5-6,9-10H2,1-2H3,(H3,17,18,19). The summed E-state index contributed by atoms with van der Waals surface area (Å²) in [5, 5.41) is 3.17. The highest BCUT2D eigenvalue weighted by Crippen LogP contribution is 2.29. The number of hydrogen-bond acceptors (Lipinski definition) is 1. The van der Waals surface area contributed by atoms with Gasteiger partial charge >= 0.3 is 0 Å². The maximum Gasteiger partial charge on any atom is 0.193 e. The molecule has 0 aliphatic heterocycles. The lowest BCUT2D eigenvalue weighted by Crippen LogP contribution is -2.23. The lowest BCUT2D eigenvalue weighted by molar-refractivity contribution is 0.300. The summed E-state index contributed by atoms with van der Waals surface area (Å²) in [4.78, 5) is 4.40. The molecule has 0 amide bonds. The van der Waals surface area contributed by atoms with Crippen molar-refractivity contribution in [1.29, 1.82) is 0 Å². The summed E-state index contributed by atoms with van der Waals surface area (Å²) in [6.45, 7) is 5.22.